The normalized spacial score (nSPS) is 21.1. The van der Waals surface area contributed by atoms with E-state index in [9.17, 15) is 8.78 Å². The molecule has 2 fully saturated rings. The van der Waals surface area contributed by atoms with Crippen molar-refractivity contribution in [2.45, 2.75) is 18.9 Å². The van der Waals surface area contributed by atoms with Crippen molar-refractivity contribution in [2.75, 3.05) is 39.4 Å². The van der Waals surface area contributed by atoms with Gasteiger partial charge >= 0.3 is 0 Å². The zero-order chi connectivity index (χ0) is 14.7. The molecule has 1 aromatic rings. The summed E-state index contributed by atoms with van der Waals surface area (Å²) >= 11 is 0. The fourth-order valence-corrected chi connectivity index (χ4v) is 3.48. The maximum absolute atomic E-state index is 14.3. The van der Waals surface area contributed by atoms with Gasteiger partial charge in [-0.3, -0.25) is 4.90 Å². The van der Waals surface area contributed by atoms with Crippen molar-refractivity contribution in [3.05, 3.63) is 35.4 Å². The van der Waals surface area contributed by atoms with Gasteiger partial charge < -0.3 is 10.1 Å². The molecule has 2 aliphatic rings. The molecule has 0 bridgehead atoms. The summed E-state index contributed by atoms with van der Waals surface area (Å²) in [6.07, 6.45) is 1.81. The highest BCUT2D eigenvalue weighted by Gasteiger charge is 2.33. The molecule has 2 heterocycles. The minimum absolute atomic E-state index is 0. The molecule has 3 nitrogen and oxygen atoms in total. The average Bonchev–Trinajstić information content (AvgIpc) is 2.53. The summed E-state index contributed by atoms with van der Waals surface area (Å²) in [4.78, 5) is 2.30. The van der Waals surface area contributed by atoms with Gasteiger partial charge in [-0.1, -0.05) is 0 Å². The Labute approximate surface area is 148 Å². The zero-order valence-electron chi connectivity index (χ0n) is 13.0. The zero-order valence-corrected chi connectivity index (χ0v) is 14.6. The predicted octanol–water partition coefficient (Wildman–Crippen LogP) is 3.18. The third-order valence-electron chi connectivity index (χ3n) is 4.53. The van der Waals surface area contributed by atoms with Crippen molar-refractivity contribution in [2.24, 2.45) is 5.92 Å². The molecular weight excluding hydrogens is 345 g/mol. The van der Waals surface area contributed by atoms with Crippen molar-refractivity contribution in [3.8, 4) is 0 Å². The molecule has 23 heavy (non-hydrogen) atoms. The Bertz CT molecular complexity index is 463. The van der Waals surface area contributed by atoms with E-state index < -0.39 is 0 Å². The third kappa shape index (κ3) is 5.00. The van der Waals surface area contributed by atoms with Crippen LogP contribution in [0, 0.1) is 17.6 Å². The molecule has 0 aliphatic carbocycles. The first-order valence-electron chi connectivity index (χ1n) is 7.73. The summed E-state index contributed by atoms with van der Waals surface area (Å²) in [5.74, 6) is -0.335. The van der Waals surface area contributed by atoms with Crippen LogP contribution in [0.2, 0.25) is 0 Å². The van der Waals surface area contributed by atoms with Gasteiger partial charge in [-0.15, -0.1) is 24.8 Å². The van der Waals surface area contributed by atoms with Crippen LogP contribution in [0.3, 0.4) is 0 Å². The second-order valence-corrected chi connectivity index (χ2v) is 5.85. The summed E-state index contributed by atoms with van der Waals surface area (Å²) in [6, 6.07) is 3.76. The number of nitrogens with one attached hydrogen (secondary N) is 1. The van der Waals surface area contributed by atoms with E-state index in [1.165, 1.54) is 18.2 Å². The van der Waals surface area contributed by atoms with Crippen LogP contribution in [-0.4, -0.2) is 44.3 Å². The Morgan fingerprint density at radius 1 is 1.09 bits per heavy atom. The summed E-state index contributed by atoms with van der Waals surface area (Å²) in [7, 11) is 0. The quantitative estimate of drug-likeness (QED) is 0.886. The summed E-state index contributed by atoms with van der Waals surface area (Å²) < 4.78 is 33.3. The Hall–Kier alpha value is -0.460. The Morgan fingerprint density at radius 2 is 1.74 bits per heavy atom. The molecule has 0 saturated carbocycles. The SMILES string of the molecule is Cl.Cl.Fc1ccc(F)c([C@H](C2CCOCC2)N2CCNCC2)c1. The van der Waals surface area contributed by atoms with Gasteiger partial charge in [-0.25, -0.2) is 8.78 Å². The molecule has 0 aromatic heterocycles. The number of ether oxygens (including phenoxy) is 1. The van der Waals surface area contributed by atoms with Crippen molar-refractivity contribution >= 4 is 24.8 Å². The lowest BCUT2D eigenvalue weighted by Gasteiger charge is -2.41. The standard InChI is InChI=1S/C16H22F2N2O.2ClH/c17-13-1-2-15(18)14(11-13)16(12-3-9-21-10-4-12)20-7-5-19-6-8-20;;/h1-2,11-12,16,19H,3-10H2;2*1H/t16-;;/m0../s1. The molecule has 0 unspecified atom stereocenters. The van der Waals surface area contributed by atoms with E-state index in [0.29, 0.717) is 24.7 Å². The van der Waals surface area contributed by atoms with Crippen LogP contribution in [0.1, 0.15) is 24.4 Å². The summed E-state index contributed by atoms with van der Waals surface area (Å²) in [5, 5.41) is 3.32. The van der Waals surface area contributed by atoms with Crippen LogP contribution in [0.25, 0.3) is 0 Å². The monoisotopic (exact) mass is 368 g/mol. The maximum Gasteiger partial charge on any atom is 0.128 e. The highest BCUT2D eigenvalue weighted by molar-refractivity contribution is 5.85. The second-order valence-electron chi connectivity index (χ2n) is 5.85. The van der Waals surface area contributed by atoms with Gasteiger partial charge in [-0.2, -0.15) is 0 Å². The van der Waals surface area contributed by atoms with Gasteiger partial charge in [0.25, 0.3) is 0 Å². The number of benzene rings is 1. The fourth-order valence-electron chi connectivity index (χ4n) is 3.48. The highest BCUT2D eigenvalue weighted by Crippen LogP contribution is 2.36. The average molecular weight is 369 g/mol. The smallest absolute Gasteiger partial charge is 0.128 e. The van der Waals surface area contributed by atoms with Gasteiger partial charge in [0, 0.05) is 51.0 Å². The van der Waals surface area contributed by atoms with Crippen molar-refractivity contribution in [3.63, 3.8) is 0 Å². The van der Waals surface area contributed by atoms with E-state index in [-0.39, 0.29) is 42.5 Å². The van der Waals surface area contributed by atoms with Crippen LogP contribution in [0.5, 0.6) is 0 Å². The first-order valence-corrected chi connectivity index (χ1v) is 7.73. The summed E-state index contributed by atoms with van der Waals surface area (Å²) in [6.45, 7) is 4.97. The number of hydrogen-bond acceptors (Lipinski definition) is 3. The van der Waals surface area contributed by atoms with Gasteiger partial charge in [0.15, 0.2) is 0 Å². The van der Waals surface area contributed by atoms with E-state index in [1.54, 1.807) is 0 Å². The van der Waals surface area contributed by atoms with Gasteiger partial charge in [0.2, 0.25) is 0 Å². The largest absolute Gasteiger partial charge is 0.381 e. The van der Waals surface area contributed by atoms with Gasteiger partial charge in [0.05, 0.1) is 0 Å². The van der Waals surface area contributed by atoms with Crippen LogP contribution in [0.4, 0.5) is 8.78 Å². The Balaban J connectivity index is 0.00000132. The summed E-state index contributed by atoms with van der Waals surface area (Å²) in [5.41, 5.74) is 0.504. The number of piperazine rings is 1. The lowest BCUT2D eigenvalue weighted by Crippen LogP contribution is -2.47. The molecule has 1 atom stereocenters. The number of hydrogen-bond donors (Lipinski definition) is 1. The fraction of sp³-hybridized carbons (Fsp3) is 0.625. The minimum Gasteiger partial charge on any atom is -0.381 e. The van der Waals surface area contributed by atoms with E-state index in [1.807, 2.05) is 0 Å². The number of halogens is 4. The van der Waals surface area contributed by atoms with E-state index in [0.717, 1.165) is 39.0 Å². The third-order valence-corrected chi connectivity index (χ3v) is 4.53. The van der Waals surface area contributed by atoms with Gasteiger partial charge in [0.1, 0.15) is 11.6 Å². The number of rotatable bonds is 3. The lowest BCUT2D eigenvalue weighted by molar-refractivity contribution is 0.0202. The molecule has 0 amide bonds. The maximum atomic E-state index is 14.3. The lowest BCUT2D eigenvalue weighted by atomic mass is 9.85. The molecule has 2 aliphatic heterocycles. The second kappa shape index (κ2) is 9.74. The minimum atomic E-state index is -0.362. The molecule has 1 N–H and O–H groups in total. The van der Waals surface area contributed by atoms with Crippen molar-refractivity contribution < 1.29 is 13.5 Å². The van der Waals surface area contributed by atoms with E-state index >= 15 is 0 Å². The topological polar surface area (TPSA) is 24.5 Å². The van der Waals surface area contributed by atoms with E-state index in [2.05, 4.69) is 10.2 Å². The molecule has 0 radical (unpaired) electrons. The van der Waals surface area contributed by atoms with Crippen LogP contribution in [-0.2, 0) is 4.74 Å². The first-order chi connectivity index (χ1) is 10.3. The highest BCUT2D eigenvalue weighted by atomic mass is 35.5. The van der Waals surface area contributed by atoms with Crippen LogP contribution >= 0.6 is 24.8 Å². The molecule has 0 spiro atoms. The first kappa shape index (κ1) is 20.6. The molecule has 7 heteroatoms. The van der Waals surface area contributed by atoms with Crippen LogP contribution in [0.15, 0.2) is 18.2 Å². The van der Waals surface area contributed by atoms with Gasteiger partial charge in [-0.05, 0) is 37.0 Å². The van der Waals surface area contributed by atoms with Crippen molar-refractivity contribution in [1.82, 2.24) is 10.2 Å². The molecule has 132 valence electrons. The molecule has 3 rings (SSSR count). The Morgan fingerprint density at radius 3 is 2.39 bits per heavy atom. The molecule has 2 saturated heterocycles. The predicted molar refractivity (Wildman–Crippen MR) is 91.6 cm³/mol. The van der Waals surface area contributed by atoms with E-state index in [4.69, 9.17) is 4.74 Å². The molecular formula is C16H24Cl2F2N2O. The Kier molecular flexibility index (Phi) is 8.72. The number of nitrogens with zero attached hydrogens (tertiary/aromatic N) is 1. The molecule has 1 aromatic carbocycles. The van der Waals surface area contributed by atoms with Crippen molar-refractivity contribution in [1.29, 1.82) is 0 Å². The van der Waals surface area contributed by atoms with Crippen LogP contribution < -0.4 is 5.32 Å².